The Hall–Kier alpha value is -3.82. The Morgan fingerprint density at radius 3 is 2.21 bits per heavy atom. The summed E-state index contributed by atoms with van der Waals surface area (Å²) in [5.41, 5.74) is 1.44. The molecular weight excluding hydrogens is 595 g/mol. The summed E-state index contributed by atoms with van der Waals surface area (Å²) >= 11 is 12.0. The van der Waals surface area contributed by atoms with Crippen LogP contribution in [0.15, 0.2) is 59.5 Å². The molecule has 0 amide bonds. The number of hydrogen-bond donors (Lipinski definition) is 1. The minimum atomic E-state index is -1.30. The van der Waals surface area contributed by atoms with Crippen LogP contribution in [0.1, 0.15) is 79.9 Å². The summed E-state index contributed by atoms with van der Waals surface area (Å²) in [5, 5.41) is 13.7. The Morgan fingerprint density at radius 2 is 1.60 bits per heavy atom. The minimum absolute atomic E-state index is 0.0258. The summed E-state index contributed by atoms with van der Waals surface area (Å²) in [6, 6.07) is 13.6. The van der Waals surface area contributed by atoms with Gasteiger partial charge in [-0.25, -0.2) is 9.48 Å². The average molecular weight is 630 g/mol. The molecule has 0 aliphatic heterocycles. The van der Waals surface area contributed by atoms with Gasteiger partial charge in [0, 0.05) is 30.0 Å². The first-order valence-electron chi connectivity index (χ1n) is 13.8. The molecule has 0 aliphatic rings. The lowest BCUT2D eigenvalue weighted by Gasteiger charge is -2.23. The predicted octanol–water partition coefficient (Wildman–Crippen LogP) is 5.87. The van der Waals surface area contributed by atoms with Crippen LogP contribution in [0.5, 0.6) is 0 Å². The van der Waals surface area contributed by atoms with Crippen molar-refractivity contribution in [1.29, 1.82) is 0 Å². The Bertz CT molecular complexity index is 1560. The molecule has 0 saturated heterocycles. The second-order valence-electron chi connectivity index (χ2n) is 11.2. The van der Waals surface area contributed by atoms with Crippen molar-refractivity contribution in [2.75, 3.05) is 6.61 Å². The van der Waals surface area contributed by atoms with Crippen LogP contribution < -0.4 is 5.56 Å². The molecule has 3 aromatic rings. The van der Waals surface area contributed by atoms with E-state index in [4.69, 9.17) is 27.9 Å². The zero-order valence-electron chi connectivity index (χ0n) is 24.4. The predicted molar refractivity (Wildman–Crippen MR) is 163 cm³/mol. The molecule has 228 valence electrons. The van der Waals surface area contributed by atoms with Crippen LogP contribution in [0, 0.1) is 5.92 Å². The Labute approximate surface area is 259 Å². The van der Waals surface area contributed by atoms with Crippen LogP contribution >= 0.6 is 23.2 Å². The third-order valence-electron chi connectivity index (χ3n) is 7.10. The first kappa shape index (κ1) is 33.7. The molecule has 2 aromatic carbocycles. The molecular formula is C32H34Cl2N2O7. The number of aliphatic carboxylic acids is 1. The topological polar surface area (TPSA) is 133 Å². The smallest absolute Gasteiger partial charge is 0.341 e. The fourth-order valence-electron chi connectivity index (χ4n) is 4.93. The Balaban J connectivity index is 1.80. The maximum atomic E-state index is 13.5. The molecule has 0 bridgehead atoms. The van der Waals surface area contributed by atoms with Crippen LogP contribution in [0.3, 0.4) is 0 Å². The molecule has 3 rings (SSSR count). The number of aromatic nitrogens is 2. The molecule has 0 saturated carbocycles. The first-order valence-corrected chi connectivity index (χ1v) is 14.5. The lowest BCUT2D eigenvalue weighted by Crippen LogP contribution is -2.32. The summed E-state index contributed by atoms with van der Waals surface area (Å²) < 4.78 is 6.37. The number of esters is 1. The highest BCUT2D eigenvalue weighted by molar-refractivity contribution is 6.39. The van der Waals surface area contributed by atoms with Gasteiger partial charge in [-0.3, -0.25) is 19.2 Å². The van der Waals surface area contributed by atoms with E-state index in [0.717, 1.165) is 11.1 Å². The maximum absolute atomic E-state index is 13.5. The van der Waals surface area contributed by atoms with Crippen LogP contribution in [-0.2, 0) is 31.1 Å². The molecule has 43 heavy (non-hydrogen) atoms. The number of carbonyl (C=O) groups is 4. The molecule has 0 spiro atoms. The number of Topliss-reactive ketones (excluding diaryl/α,β-unsaturated/α-hetero) is 2. The summed E-state index contributed by atoms with van der Waals surface area (Å²) in [6.45, 7) is 7.37. The fourth-order valence-corrected chi connectivity index (χ4v) is 5.48. The number of halogens is 2. The zero-order chi connectivity index (χ0) is 31.9. The molecule has 0 radical (unpaired) electrons. The number of ether oxygens (including phenoxy) is 1. The minimum Gasteiger partial charge on any atom is -0.481 e. The van der Waals surface area contributed by atoms with Crippen molar-refractivity contribution < 1.29 is 29.0 Å². The molecule has 9 nitrogen and oxygen atoms in total. The third-order valence-corrected chi connectivity index (χ3v) is 7.73. The molecule has 2 atom stereocenters. The highest BCUT2D eigenvalue weighted by Gasteiger charge is 2.31. The second-order valence-corrected chi connectivity index (χ2v) is 12.0. The van der Waals surface area contributed by atoms with Gasteiger partial charge in [0.1, 0.15) is 5.78 Å². The fraction of sp³-hybridized carbons (Fsp3) is 0.375. The number of carbonyl (C=O) groups excluding carboxylic acids is 3. The van der Waals surface area contributed by atoms with Gasteiger partial charge in [0.2, 0.25) is 0 Å². The van der Waals surface area contributed by atoms with E-state index in [1.165, 1.54) is 35.1 Å². The third kappa shape index (κ3) is 8.61. The molecule has 1 aromatic heterocycles. The van der Waals surface area contributed by atoms with Crippen molar-refractivity contribution in [1.82, 2.24) is 9.78 Å². The summed E-state index contributed by atoms with van der Waals surface area (Å²) in [6.07, 6.45) is 0.578. The van der Waals surface area contributed by atoms with Crippen LogP contribution in [0.4, 0.5) is 0 Å². The van der Waals surface area contributed by atoms with Crippen molar-refractivity contribution in [2.45, 2.75) is 64.8 Å². The molecule has 0 unspecified atom stereocenters. The molecule has 0 fully saturated rings. The molecule has 0 aliphatic carbocycles. The number of hydrogen-bond acceptors (Lipinski definition) is 7. The SMILES string of the molecule is CC[C@H](C(=O)C[C@@H](CC(=O)O)C(=O)COC(=O)c1c(Cl)cccc1Cl)c1ccnn(Cc2ccccc2C(C)(C)C)c1=O. The number of rotatable bonds is 13. The highest BCUT2D eigenvalue weighted by atomic mass is 35.5. The van der Waals surface area contributed by atoms with E-state index in [1.807, 2.05) is 24.3 Å². The molecule has 1 heterocycles. The summed E-state index contributed by atoms with van der Waals surface area (Å²) in [4.78, 5) is 64.0. The van der Waals surface area contributed by atoms with Crippen LogP contribution in [0.2, 0.25) is 10.0 Å². The number of carboxylic acids is 1. The van der Waals surface area contributed by atoms with Crippen LogP contribution in [0.25, 0.3) is 0 Å². The second kappa shape index (κ2) is 14.6. The van der Waals surface area contributed by atoms with Gasteiger partial charge in [0.25, 0.3) is 5.56 Å². The van der Waals surface area contributed by atoms with Gasteiger partial charge in [0.15, 0.2) is 12.4 Å². The zero-order valence-corrected chi connectivity index (χ0v) is 25.9. The lowest BCUT2D eigenvalue weighted by atomic mass is 9.83. The van der Waals surface area contributed by atoms with Gasteiger partial charge in [0.05, 0.1) is 28.6 Å². The molecule has 11 heteroatoms. The van der Waals surface area contributed by atoms with Crippen LogP contribution in [-0.4, -0.2) is 45.0 Å². The summed E-state index contributed by atoms with van der Waals surface area (Å²) in [7, 11) is 0. The highest BCUT2D eigenvalue weighted by Crippen LogP contribution is 2.28. The van der Waals surface area contributed by atoms with Crippen molar-refractivity contribution in [3.63, 3.8) is 0 Å². The van der Waals surface area contributed by atoms with Gasteiger partial charge in [-0.05, 0) is 41.2 Å². The van der Waals surface area contributed by atoms with E-state index in [-0.39, 0.29) is 39.6 Å². The van der Waals surface area contributed by atoms with Crippen molar-refractivity contribution in [3.8, 4) is 0 Å². The number of ketones is 2. The monoisotopic (exact) mass is 628 g/mol. The van der Waals surface area contributed by atoms with Gasteiger partial charge >= 0.3 is 11.9 Å². The number of benzene rings is 2. The van der Waals surface area contributed by atoms with Gasteiger partial charge < -0.3 is 9.84 Å². The maximum Gasteiger partial charge on any atom is 0.341 e. The van der Waals surface area contributed by atoms with E-state index in [2.05, 4.69) is 25.9 Å². The van der Waals surface area contributed by atoms with E-state index in [9.17, 15) is 29.1 Å². The van der Waals surface area contributed by atoms with Crippen molar-refractivity contribution >= 4 is 46.7 Å². The number of carboxylic acid groups (broad SMARTS) is 1. The number of nitrogens with zero attached hydrogens (tertiary/aromatic N) is 2. The first-order chi connectivity index (χ1) is 20.2. The van der Waals surface area contributed by atoms with E-state index in [0.29, 0.717) is 0 Å². The van der Waals surface area contributed by atoms with E-state index >= 15 is 0 Å². The van der Waals surface area contributed by atoms with E-state index in [1.54, 1.807) is 6.92 Å². The summed E-state index contributed by atoms with van der Waals surface area (Å²) in [5.74, 6) is -5.67. The molecule has 1 N–H and O–H groups in total. The standard InChI is InChI=1S/C32H34Cl2N2O7/c1-5-21(22-13-14-35-36(30(22)41)17-19-9-6-7-10-23(19)32(2,3)4)26(37)15-20(16-28(39)40)27(38)18-43-31(42)29-24(33)11-8-12-25(29)34/h6-14,20-21H,5,15-18H2,1-4H3,(H,39,40)/t20-,21-/m0/s1. The van der Waals surface area contributed by atoms with Gasteiger partial charge in [-0.15, -0.1) is 0 Å². The normalized spacial score (nSPS) is 12.8. The quantitative estimate of drug-likeness (QED) is 0.233. The average Bonchev–Trinajstić information content (AvgIpc) is 2.93. The lowest BCUT2D eigenvalue weighted by molar-refractivity contribution is -0.142. The Morgan fingerprint density at radius 1 is 0.953 bits per heavy atom. The van der Waals surface area contributed by atoms with E-state index < -0.39 is 60.3 Å². The van der Waals surface area contributed by atoms with Crippen molar-refractivity contribution in [2.24, 2.45) is 5.92 Å². The Kier molecular flexibility index (Phi) is 11.4. The van der Waals surface area contributed by atoms with Gasteiger partial charge in [-0.1, -0.05) is 81.2 Å². The van der Waals surface area contributed by atoms with Crippen molar-refractivity contribution in [3.05, 3.63) is 97.4 Å². The largest absolute Gasteiger partial charge is 0.481 e. The van der Waals surface area contributed by atoms with Gasteiger partial charge in [-0.2, -0.15) is 5.10 Å².